The molecular formula is C8H8N2O. The molecule has 0 aliphatic carbocycles. The van der Waals surface area contributed by atoms with Crippen molar-refractivity contribution >= 4 is 0 Å². The number of hydrogen-bond acceptors (Lipinski definition) is 3. The van der Waals surface area contributed by atoms with Gasteiger partial charge in [0.05, 0.1) is 6.07 Å². The van der Waals surface area contributed by atoms with Crippen molar-refractivity contribution in [2.75, 3.05) is 0 Å². The Morgan fingerprint density at radius 1 is 1.73 bits per heavy atom. The van der Waals surface area contributed by atoms with Crippen LogP contribution in [-0.2, 0) is 0 Å². The van der Waals surface area contributed by atoms with Gasteiger partial charge in [-0.15, -0.1) is 0 Å². The van der Waals surface area contributed by atoms with Gasteiger partial charge in [0.2, 0.25) is 0 Å². The standard InChI is InChI=1S/C8H8N2O/c1-6-7(8(11)5-9)3-2-4-10-6/h2-4,8,11H,1H3. The van der Waals surface area contributed by atoms with Gasteiger partial charge in [0, 0.05) is 17.5 Å². The van der Waals surface area contributed by atoms with Crippen LogP contribution in [0, 0.1) is 18.3 Å². The second-order valence-corrected chi connectivity index (χ2v) is 2.21. The summed E-state index contributed by atoms with van der Waals surface area (Å²) in [4.78, 5) is 3.94. The van der Waals surface area contributed by atoms with Crippen molar-refractivity contribution in [1.29, 1.82) is 5.26 Å². The second-order valence-electron chi connectivity index (χ2n) is 2.21. The van der Waals surface area contributed by atoms with E-state index in [0.29, 0.717) is 11.3 Å². The monoisotopic (exact) mass is 148 g/mol. The molecule has 1 N–H and O–H groups in total. The molecule has 0 fully saturated rings. The molecule has 0 amide bonds. The molecule has 1 atom stereocenters. The van der Waals surface area contributed by atoms with Crippen LogP contribution < -0.4 is 0 Å². The molecule has 1 aromatic heterocycles. The largest absolute Gasteiger partial charge is 0.374 e. The number of rotatable bonds is 1. The molecule has 0 saturated carbocycles. The lowest BCUT2D eigenvalue weighted by Crippen LogP contribution is -1.97. The molecule has 1 heterocycles. The molecule has 0 bridgehead atoms. The van der Waals surface area contributed by atoms with Gasteiger partial charge in [-0.3, -0.25) is 4.98 Å². The number of aryl methyl sites for hydroxylation is 1. The highest BCUT2D eigenvalue weighted by Gasteiger charge is 2.07. The first-order chi connectivity index (χ1) is 5.25. The van der Waals surface area contributed by atoms with E-state index in [1.54, 1.807) is 31.3 Å². The van der Waals surface area contributed by atoms with Crippen LogP contribution in [-0.4, -0.2) is 10.1 Å². The van der Waals surface area contributed by atoms with Crippen molar-refractivity contribution in [2.24, 2.45) is 0 Å². The van der Waals surface area contributed by atoms with Crippen molar-refractivity contribution in [3.8, 4) is 6.07 Å². The number of pyridine rings is 1. The first-order valence-electron chi connectivity index (χ1n) is 3.25. The normalized spacial score (nSPS) is 12.1. The van der Waals surface area contributed by atoms with Gasteiger partial charge < -0.3 is 5.11 Å². The van der Waals surface area contributed by atoms with Crippen LogP contribution in [0.1, 0.15) is 17.4 Å². The Morgan fingerprint density at radius 3 is 3.00 bits per heavy atom. The smallest absolute Gasteiger partial charge is 0.167 e. The predicted octanol–water partition coefficient (Wildman–Crippen LogP) is 0.947. The van der Waals surface area contributed by atoms with E-state index in [-0.39, 0.29) is 0 Å². The number of nitriles is 1. The summed E-state index contributed by atoms with van der Waals surface area (Å²) < 4.78 is 0. The van der Waals surface area contributed by atoms with Crippen molar-refractivity contribution < 1.29 is 5.11 Å². The topological polar surface area (TPSA) is 56.9 Å². The van der Waals surface area contributed by atoms with Gasteiger partial charge in [-0.25, -0.2) is 0 Å². The zero-order valence-corrected chi connectivity index (χ0v) is 6.15. The van der Waals surface area contributed by atoms with Crippen LogP contribution in [0.5, 0.6) is 0 Å². The van der Waals surface area contributed by atoms with Gasteiger partial charge in [0.25, 0.3) is 0 Å². The number of nitrogens with zero attached hydrogens (tertiary/aromatic N) is 2. The maximum absolute atomic E-state index is 9.11. The third-order valence-corrected chi connectivity index (χ3v) is 1.46. The van der Waals surface area contributed by atoms with Crippen LogP contribution in [0.15, 0.2) is 18.3 Å². The molecule has 1 rings (SSSR count). The van der Waals surface area contributed by atoms with Gasteiger partial charge in [-0.05, 0) is 13.0 Å². The van der Waals surface area contributed by atoms with Crippen LogP contribution in [0.25, 0.3) is 0 Å². The van der Waals surface area contributed by atoms with Crippen molar-refractivity contribution in [1.82, 2.24) is 4.98 Å². The lowest BCUT2D eigenvalue weighted by atomic mass is 10.1. The molecule has 1 unspecified atom stereocenters. The molecule has 0 aliphatic rings. The van der Waals surface area contributed by atoms with Crippen LogP contribution in [0.3, 0.4) is 0 Å². The highest BCUT2D eigenvalue weighted by molar-refractivity contribution is 5.24. The second kappa shape index (κ2) is 3.13. The molecule has 56 valence electrons. The Balaban J connectivity index is 3.05. The summed E-state index contributed by atoms with van der Waals surface area (Å²) in [6, 6.07) is 5.13. The summed E-state index contributed by atoms with van der Waals surface area (Å²) in [6.07, 6.45) is 0.576. The number of hydrogen-bond donors (Lipinski definition) is 1. The van der Waals surface area contributed by atoms with Gasteiger partial charge in [-0.1, -0.05) is 6.07 Å². The first kappa shape index (κ1) is 7.70. The summed E-state index contributed by atoms with van der Waals surface area (Å²) in [5, 5.41) is 17.5. The SMILES string of the molecule is Cc1ncccc1C(O)C#N. The van der Waals surface area contributed by atoms with Crippen LogP contribution in [0.4, 0.5) is 0 Å². The minimum atomic E-state index is -1.05. The highest BCUT2D eigenvalue weighted by Crippen LogP contribution is 2.13. The Morgan fingerprint density at radius 2 is 2.45 bits per heavy atom. The van der Waals surface area contributed by atoms with Gasteiger partial charge in [0.1, 0.15) is 0 Å². The fourth-order valence-electron chi connectivity index (χ4n) is 0.855. The number of aromatic nitrogens is 1. The molecule has 3 heteroatoms. The summed E-state index contributed by atoms with van der Waals surface area (Å²) in [5.41, 5.74) is 1.27. The molecule has 0 spiro atoms. The lowest BCUT2D eigenvalue weighted by molar-refractivity contribution is 0.234. The average molecular weight is 148 g/mol. The Kier molecular flexibility index (Phi) is 2.19. The minimum Gasteiger partial charge on any atom is -0.374 e. The van der Waals surface area contributed by atoms with E-state index >= 15 is 0 Å². The number of aliphatic hydroxyl groups excluding tert-OH is 1. The first-order valence-corrected chi connectivity index (χ1v) is 3.25. The molecular weight excluding hydrogens is 140 g/mol. The third-order valence-electron chi connectivity index (χ3n) is 1.46. The average Bonchev–Trinajstić information content (AvgIpc) is 2.04. The highest BCUT2D eigenvalue weighted by atomic mass is 16.3. The predicted molar refractivity (Wildman–Crippen MR) is 39.5 cm³/mol. The van der Waals surface area contributed by atoms with E-state index in [9.17, 15) is 0 Å². The Labute approximate surface area is 64.9 Å². The molecule has 0 aromatic carbocycles. The van der Waals surface area contributed by atoms with Gasteiger partial charge in [0.15, 0.2) is 6.10 Å². The third kappa shape index (κ3) is 1.54. The molecule has 0 aliphatic heterocycles. The molecule has 0 saturated heterocycles. The Hall–Kier alpha value is -1.40. The quantitative estimate of drug-likeness (QED) is 0.603. The van der Waals surface area contributed by atoms with Crippen LogP contribution in [0.2, 0.25) is 0 Å². The van der Waals surface area contributed by atoms with Crippen molar-refractivity contribution in [3.63, 3.8) is 0 Å². The van der Waals surface area contributed by atoms with Crippen molar-refractivity contribution in [2.45, 2.75) is 13.0 Å². The summed E-state index contributed by atoms with van der Waals surface area (Å²) in [6.45, 7) is 1.76. The molecule has 11 heavy (non-hydrogen) atoms. The van der Waals surface area contributed by atoms with E-state index < -0.39 is 6.10 Å². The zero-order valence-electron chi connectivity index (χ0n) is 6.15. The van der Waals surface area contributed by atoms with E-state index in [2.05, 4.69) is 4.98 Å². The Bertz CT molecular complexity index is 290. The summed E-state index contributed by atoms with van der Waals surface area (Å²) in [5.74, 6) is 0. The molecule has 3 nitrogen and oxygen atoms in total. The minimum absolute atomic E-state index is 0.579. The van der Waals surface area contributed by atoms with E-state index in [0.717, 1.165) is 0 Å². The van der Waals surface area contributed by atoms with Gasteiger partial charge >= 0.3 is 0 Å². The maximum atomic E-state index is 9.11. The van der Waals surface area contributed by atoms with E-state index in [1.807, 2.05) is 0 Å². The van der Waals surface area contributed by atoms with E-state index in [1.165, 1.54) is 0 Å². The van der Waals surface area contributed by atoms with Gasteiger partial charge in [-0.2, -0.15) is 5.26 Å². The molecule has 1 aromatic rings. The molecule has 0 radical (unpaired) electrons. The lowest BCUT2D eigenvalue weighted by Gasteiger charge is -2.03. The maximum Gasteiger partial charge on any atom is 0.167 e. The fraction of sp³-hybridized carbons (Fsp3) is 0.250. The summed E-state index contributed by atoms with van der Waals surface area (Å²) >= 11 is 0. The zero-order chi connectivity index (χ0) is 8.27. The number of aliphatic hydroxyl groups is 1. The van der Waals surface area contributed by atoms with Crippen molar-refractivity contribution in [3.05, 3.63) is 29.6 Å². The fourth-order valence-corrected chi connectivity index (χ4v) is 0.855. The van der Waals surface area contributed by atoms with Crippen LogP contribution >= 0.6 is 0 Å². The van der Waals surface area contributed by atoms with E-state index in [4.69, 9.17) is 10.4 Å². The summed E-state index contributed by atoms with van der Waals surface area (Å²) in [7, 11) is 0.